The van der Waals surface area contributed by atoms with Crippen molar-refractivity contribution in [2.45, 2.75) is 59.3 Å². The van der Waals surface area contributed by atoms with E-state index in [9.17, 15) is 4.79 Å². The molecular formula is C16H29NO. The van der Waals surface area contributed by atoms with Crippen LogP contribution in [-0.4, -0.2) is 18.9 Å². The molecule has 0 amide bonds. The fourth-order valence-corrected chi connectivity index (χ4v) is 4.11. The second kappa shape index (κ2) is 5.73. The third-order valence-corrected chi connectivity index (χ3v) is 5.55. The largest absolute Gasteiger partial charge is 0.316 e. The van der Waals surface area contributed by atoms with Gasteiger partial charge in [0.2, 0.25) is 0 Å². The summed E-state index contributed by atoms with van der Waals surface area (Å²) in [5.74, 6) is 2.07. The van der Waals surface area contributed by atoms with Crippen molar-refractivity contribution in [3.8, 4) is 0 Å². The third-order valence-electron chi connectivity index (χ3n) is 5.55. The van der Waals surface area contributed by atoms with Crippen LogP contribution in [0.2, 0.25) is 0 Å². The van der Waals surface area contributed by atoms with Gasteiger partial charge in [0.05, 0.1) is 0 Å². The first-order valence-electron chi connectivity index (χ1n) is 7.87. The molecule has 2 fully saturated rings. The Hall–Kier alpha value is -0.370. The van der Waals surface area contributed by atoms with E-state index in [1.807, 2.05) is 0 Å². The number of hydrogen-bond acceptors (Lipinski definition) is 2. The van der Waals surface area contributed by atoms with Crippen LogP contribution >= 0.6 is 0 Å². The van der Waals surface area contributed by atoms with Gasteiger partial charge in [-0.3, -0.25) is 4.79 Å². The predicted octanol–water partition coefficient (Wildman–Crippen LogP) is 3.41. The Kier molecular flexibility index (Phi) is 4.47. The molecule has 104 valence electrons. The lowest BCUT2D eigenvalue weighted by Crippen LogP contribution is -2.44. The van der Waals surface area contributed by atoms with Gasteiger partial charge in [-0.05, 0) is 37.6 Å². The molecule has 0 bridgehead atoms. The molecule has 1 heterocycles. The van der Waals surface area contributed by atoms with Gasteiger partial charge in [-0.2, -0.15) is 0 Å². The van der Waals surface area contributed by atoms with E-state index in [1.165, 1.54) is 25.7 Å². The van der Waals surface area contributed by atoms with E-state index >= 15 is 0 Å². The Morgan fingerprint density at radius 2 is 2.06 bits per heavy atom. The minimum absolute atomic E-state index is 0.0601. The van der Waals surface area contributed by atoms with Gasteiger partial charge >= 0.3 is 0 Å². The maximum Gasteiger partial charge on any atom is 0.143 e. The Morgan fingerprint density at radius 3 is 2.61 bits per heavy atom. The second-order valence-corrected chi connectivity index (χ2v) is 6.66. The van der Waals surface area contributed by atoms with Crippen molar-refractivity contribution >= 4 is 5.78 Å². The van der Waals surface area contributed by atoms with Crippen molar-refractivity contribution in [3.63, 3.8) is 0 Å². The number of hydrogen-bond donors (Lipinski definition) is 1. The molecule has 1 saturated carbocycles. The normalized spacial score (nSPS) is 37.1. The number of nitrogens with one attached hydrogen (secondary N) is 1. The van der Waals surface area contributed by atoms with Crippen LogP contribution < -0.4 is 5.32 Å². The van der Waals surface area contributed by atoms with E-state index in [0.29, 0.717) is 23.5 Å². The SMILES string of the molecule is CCC1CCCCC1C(=O)C1(C(C)C)CCNC1. The molecule has 2 nitrogen and oxygen atoms in total. The standard InChI is InChI=1S/C16H29NO/c1-4-13-7-5-6-8-14(13)15(18)16(12(2)3)9-10-17-11-16/h12-14,17H,4-11H2,1-3H3. The topological polar surface area (TPSA) is 29.1 Å². The van der Waals surface area contributed by atoms with Crippen molar-refractivity contribution < 1.29 is 4.79 Å². The Bertz CT molecular complexity index is 291. The predicted molar refractivity (Wildman–Crippen MR) is 75.5 cm³/mol. The fraction of sp³-hybridized carbons (Fsp3) is 0.938. The molecule has 1 N–H and O–H groups in total. The van der Waals surface area contributed by atoms with Crippen molar-refractivity contribution in [1.82, 2.24) is 5.32 Å². The maximum atomic E-state index is 13.1. The summed E-state index contributed by atoms with van der Waals surface area (Å²) in [7, 11) is 0. The van der Waals surface area contributed by atoms with Crippen molar-refractivity contribution in [2.24, 2.45) is 23.2 Å². The average molecular weight is 251 g/mol. The molecule has 2 rings (SSSR count). The van der Waals surface area contributed by atoms with Crippen LogP contribution in [0.5, 0.6) is 0 Å². The quantitative estimate of drug-likeness (QED) is 0.829. The van der Waals surface area contributed by atoms with E-state index in [0.717, 1.165) is 25.9 Å². The lowest BCUT2D eigenvalue weighted by molar-refractivity contribution is -0.137. The summed E-state index contributed by atoms with van der Waals surface area (Å²) >= 11 is 0. The molecule has 2 heteroatoms. The number of Topliss-reactive ketones (excluding diaryl/α,β-unsaturated/α-hetero) is 1. The molecule has 1 saturated heterocycles. The van der Waals surface area contributed by atoms with E-state index in [-0.39, 0.29) is 5.41 Å². The highest BCUT2D eigenvalue weighted by Crippen LogP contribution is 2.43. The zero-order valence-corrected chi connectivity index (χ0v) is 12.3. The molecule has 0 aromatic rings. The second-order valence-electron chi connectivity index (χ2n) is 6.66. The van der Waals surface area contributed by atoms with Gasteiger partial charge in [-0.1, -0.05) is 40.0 Å². The summed E-state index contributed by atoms with van der Waals surface area (Å²) in [6.07, 6.45) is 7.23. The van der Waals surface area contributed by atoms with Gasteiger partial charge in [-0.15, -0.1) is 0 Å². The van der Waals surface area contributed by atoms with Gasteiger partial charge in [0.15, 0.2) is 0 Å². The summed E-state index contributed by atoms with van der Waals surface area (Å²) in [6, 6.07) is 0. The average Bonchev–Trinajstić information content (AvgIpc) is 2.88. The molecule has 0 radical (unpaired) electrons. The maximum absolute atomic E-state index is 13.1. The van der Waals surface area contributed by atoms with Crippen LogP contribution in [0.1, 0.15) is 59.3 Å². The van der Waals surface area contributed by atoms with Crippen LogP contribution in [0.25, 0.3) is 0 Å². The molecular weight excluding hydrogens is 222 g/mol. The zero-order valence-electron chi connectivity index (χ0n) is 12.3. The van der Waals surface area contributed by atoms with Gasteiger partial charge in [0, 0.05) is 17.9 Å². The van der Waals surface area contributed by atoms with Gasteiger partial charge in [0.1, 0.15) is 5.78 Å². The van der Waals surface area contributed by atoms with Crippen LogP contribution in [0.15, 0.2) is 0 Å². The Morgan fingerprint density at radius 1 is 1.33 bits per heavy atom. The molecule has 1 aliphatic carbocycles. The highest BCUT2D eigenvalue weighted by atomic mass is 16.1. The first-order valence-corrected chi connectivity index (χ1v) is 7.87. The molecule has 1 aliphatic heterocycles. The van der Waals surface area contributed by atoms with E-state index in [2.05, 4.69) is 26.1 Å². The lowest BCUT2D eigenvalue weighted by atomic mass is 9.64. The summed E-state index contributed by atoms with van der Waals surface area (Å²) < 4.78 is 0. The van der Waals surface area contributed by atoms with Crippen LogP contribution in [-0.2, 0) is 4.79 Å². The molecule has 18 heavy (non-hydrogen) atoms. The number of rotatable bonds is 4. The van der Waals surface area contributed by atoms with Crippen molar-refractivity contribution in [1.29, 1.82) is 0 Å². The minimum atomic E-state index is -0.0601. The summed E-state index contributed by atoms with van der Waals surface area (Å²) in [5.41, 5.74) is -0.0601. The summed E-state index contributed by atoms with van der Waals surface area (Å²) in [6.45, 7) is 8.65. The molecule has 2 aliphatic rings. The number of ketones is 1. The third kappa shape index (κ3) is 2.36. The van der Waals surface area contributed by atoms with Crippen LogP contribution in [0.4, 0.5) is 0 Å². The van der Waals surface area contributed by atoms with Crippen LogP contribution in [0, 0.1) is 23.2 Å². The monoisotopic (exact) mass is 251 g/mol. The molecule has 0 aromatic carbocycles. The first kappa shape index (κ1) is 14.0. The Labute approximate surface area is 112 Å². The fourth-order valence-electron chi connectivity index (χ4n) is 4.11. The first-order chi connectivity index (χ1) is 8.62. The number of carbonyl (C=O) groups is 1. The van der Waals surface area contributed by atoms with Crippen LogP contribution in [0.3, 0.4) is 0 Å². The summed E-state index contributed by atoms with van der Waals surface area (Å²) in [4.78, 5) is 13.1. The van der Waals surface area contributed by atoms with Gasteiger partial charge in [-0.25, -0.2) is 0 Å². The number of carbonyl (C=O) groups excluding carboxylic acids is 1. The van der Waals surface area contributed by atoms with E-state index in [4.69, 9.17) is 0 Å². The lowest BCUT2D eigenvalue weighted by Gasteiger charge is -2.39. The molecule has 0 spiro atoms. The summed E-state index contributed by atoms with van der Waals surface area (Å²) in [5, 5.41) is 3.43. The zero-order chi connectivity index (χ0) is 13.2. The van der Waals surface area contributed by atoms with Gasteiger partial charge < -0.3 is 5.32 Å². The van der Waals surface area contributed by atoms with Crippen molar-refractivity contribution in [2.75, 3.05) is 13.1 Å². The van der Waals surface area contributed by atoms with Crippen molar-refractivity contribution in [3.05, 3.63) is 0 Å². The smallest absolute Gasteiger partial charge is 0.143 e. The minimum Gasteiger partial charge on any atom is -0.316 e. The van der Waals surface area contributed by atoms with Gasteiger partial charge in [0.25, 0.3) is 0 Å². The highest BCUT2D eigenvalue weighted by Gasteiger charge is 2.47. The molecule has 3 atom stereocenters. The highest BCUT2D eigenvalue weighted by molar-refractivity contribution is 5.88. The Balaban J connectivity index is 2.17. The molecule has 3 unspecified atom stereocenters. The van der Waals surface area contributed by atoms with E-state index < -0.39 is 0 Å². The van der Waals surface area contributed by atoms with E-state index in [1.54, 1.807) is 0 Å². The molecule has 0 aromatic heterocycles.